The number of nitrogens with one attached hydrogen (secondary N) is 2. The van der Waals surface area contributed by atoms with Crippen LogP contribution in [0.15, 0.2) is 60.8 Å². The van der Waals surface area contributed by atoms with Gasteiger partial charge >= 0.3 is 0 Å². The van der Waals surface area contributed by atoms with Crippen molar-refractivity contribution < 1.29 is 24.9 Å². The first-order valence-electron chi connectivity index (χ1n) is 12.4. The third kappa shape index (κ3) is 5.19. The average molecular weight is 506 g/mol. The number of aliphatic hydroxyl groups excluding tert-OH is 3. The highest BCUT2D eigenvalue weighted by Crippen LogP contribution is 2.44. The summed E-state index contributed by atoms with van der Waals surface area (Å²) in [7, 11) is 0. The fourth-order valence-electron chi connectivity index (χ4n) is 4.71. The summed E-state index contributed by atoms with van der Waals surface area (Å²) in [5.74, 6) is 0.299. The second-order valence-electron chi connectivity index (χ2n) is 10.0. The number of hydrogen-bond acceptors (Lipinski definition) is 7. The maximum absolute atomic E-state index is 13.6. The topological polar surface area (TPSA) is 141 Å². The molecule has 7 N–H and O–H groups in total. The number of rotatable bonds is 10. The Balaban J connectivity index is 1.62. The monoisotopic (exact) mass is 505 g/mol. The molecule has 0 spiro atoms. The Bertz CT molecular complexity index is 1340. The van der Waals surface area contributed by atoms with Crippen LogP contribution in [-0.4, -0.2) is 51.9 Å². The number of aromatic nitrogens is 1. The van der Waals surface area contributed by atoms with E-state index in [-0.39, 0.29) is 24.9 Å². The normalized spacial score (nSPS) is 17.2. The summed E-state index contributed by atoms with van der Waals surface area (Å²) in [6, 6.07) is 11.0. The molecular formula is C29H35N3O5. The van der Waals surface area contributed by atoms with Crippen molar-refractivity contribution in [1.29, 1.82) is 0 Å². The lowest BCUT2D eigenvalue weighted by Gasteiger charge is -2.32. The van der Waals surface area contributed by atoms with Crippen molar-refractivity contribution in [2.75, 3.05) is 19.8 Å². The Morgan fingerprint density at radius 1 is 1.16 bits per heavy atom. The van der Waals surface area contributed by atoms with Crippen molar-refractivity contribution in [3.05, 3.63) is 88.8 Å². The number of ether oxygens (including phenoxy) is 1. The van der Waals surface area contributed by atoms with Gasteiger partial charge in [0.15, 0.2) is 5.78 Å². The van der Waals surface area contributed by atoms with E-state index in [4.69, 9.17) is 15.6 Å². The number of fused-ring (bicyclic) bond motifs is 4. The maximum Gasteiger partial charge on any atom is 0.195 e. The summed E-state index contributed by atoms with van der Waals surface area (Å²) in [6.45, 7) is 6.32. The van der Waals surface area contributed by atoms with Gasteiger partial charge in [0, 0.05) is 40.0 Å². The zero-order valence-corrected chi connectivity index (χ0v) is 21.4. The quantitative estimate of drug-likeness (QED) is 0.184. The van der Waals surface area contributed by atoms with Crippen molar-refractivity contribution >= 4 is 16.7 Å². The van der Waals surface area contributed by atoms with E-state index in [9.17, 15) is 15.0 Å². The van der Waals surface area contributed by atoms with Gasteiger partial charge in [0.1, 0.15) is 12.0 Å². The molecule has 0 saturated carbocycles. The standard InChI is InChI=1S/C29H35N3O5/c1-17(24(34)15-33)16-37-19-8-10-20-22(14-19)29(2,3)27-25(26(20)35)21-9-7-18(13-23(21)32-27)28(36)31-12-6-4-5-11-30/h4-11,13-14,17,24,28,31-34,36H,12,15-16,30H2,1-3H3/b6-4-,11-5-. The third-order valence-corrected chi connectivity index (χ3v) is 7.04. The number of nitrogens with two attached hydrogens (primary N) is 1. The average Bonchev–Trinajstić information content (AvgIpc) is 3.30. The van der Waals surface area contributed by atoms with E-state index in [0.717, 1.165) is 22.2 Å². The van der Waals surface area contributed by atoms with Crippen LogP contribution in [-0.2, 0) is 5.41 Å². The number of H-pyrrole nitrogens is 1. The molecule has 37 heavy (non-hydrogen) atoms. The van der Waals surface area contributed by atoms with Gasteiger partial charge in [0.05, 0.1) is 24.9 Å². The van der Waals surface area contributed by atoms with Crippen molar-refractivity contribution in [3.63, 3.8) is 0 Å². The van der Waals surface area contributed by atoms with Gasteiger partial charge in [-0.25, -0.2) is 0 Å². The number of hydrogen-bond donors (Lipinski definition) is 6. The van der Waals surface area contributed by atoms with Crippen LogP contribution >= 0.6 is 0 Å². The summed E-state index contributed by atoms with van der Waals surface area (Å²) in [5.41, 5.74) is 9.20. The van der Waals surface area contributed by atoms with Gasteiger partial charge < -0.3 is 30.8 Å². The smallest absolute Gasteiger partial charge is 0.195 e. The van der Waals surface area contributed by atoms with Crippen molar-refractivity contribution in [1.82, 2.24) is 10.3 Å². The number of aliphatic hydroxyl groups is 3. The second kappa shape index (κ2) is 10.9. The van der Waals surface area contributed by atoms with Gasteiger partial charge in [-0.2, -0.15) is 0 Å². The minimum Gasteiger partial charge on any atom is -0.493 e. The van der Waals surface area contributed by atoms with Crippen LogP contribution in [0.4, 0.5) is 0 Å². The number of benzene rings is 2. The molecule has 196 valence electrons. The van der Waals surface area contributed by atoms with Crippen molar-refractivity contribution in [2.24, 2.45) is 11.7 Å². The zero-order valence-electron chi connectivity index (χ0n) is 21.4. The highest BCUT2D eigenvalue weighted by atomic mass is 16.5. The molecule has 4 rings (SSSR count). The third-order valence-electron chi connectivity index (χ3n) is 7.04. The van der Waals surface area contributed by atoms with Crippen LogP contribution < -0.4 is 15.8 Å². The number of carbonyl (C=O) groups is 1. The molecule has 1 aliphatic carbocycles. The van der Waals surface area contributed by atoms with Crippen LogP contribution in [0.1, 0.15) is 59.7 Å². The lowest BCUT2D eigenvalue weighted by molar-refractivity contribution is 0.0348. The van der Waals surface area contributed by atoms with Gasteiger partial charge in [-0.3, -0.25) is 10.1 Å². The van der Waals surface area contributed by atoms with Crippen LogP contribution in [0.25, 0.3) is 10.9 Å². The van der Waals surface area contributed by atoms with Crippen molar-refractivity contribution in [3.8, 4) is 5.75 Å². The number of carbonyl (C=O) groups excluding carboxylic acids is 1. The van der Waals surface area contributed by atoms with E-state index in [1.807, 2.05) is 30.3 Å². The highest BCUT2D eigenvalue weighted by Gasteiger charge is 2.40. The molecule has 0 bridgehead atoms. The molecule has 0 fully saturated rings. The van der Waals surface area contributed by atoms with Gasteiger partial charge in [0.25, 0.3) is 0 Å². The molecule has 1 aromatic heterocycles. The molecule has 1 aliphatic rings. The van der Waals surface area contributed by atoms with E-state index in [0.29, 0.717) is 29.0 Å². The van der Waals surface area contributed by atoms with E-state index < -0.39 is 17.7 Å². The van der Waals surface area contributed by atoms with E-state index >= 15 is 0 Å². The Hall–Kier alpha value is -3.43. The molecule has 0 saturated heterocycles. The molecule has 3 unspecified atom stereocenters. The maximum atomic E-state index is 13.6. The largest absolute Gasteiger partial charge is 0.493 e. The predicted molar refractivity (Wildman–Crippen MR) is 143 cm³/mol. The zero-order chi connectivity index (χ0) is 26.7. The molecule has 8 nitrogen and oxygen atoms in total. The van der Waals surface area contributed by atoms with Crippen LogP contribution in [0.2, 0.25) is 0 Å². The molecule has 0 aliphatic heterocycles. The molecule has 2 aromatic carbocycles. The van der Waals surface area contributed by atoms with Crippen LogP contribution in [0.3, 0.4) is 0 Å². The first-order chi connectivity index (χ1) is 17.7. The number of allylic oxidation sites excluding steroid dienone is 2. The predicted octanol–water partition coefficient (Wildman–Crippen LogP) is 3.02. The van der Waals surface area contributed by atoms with E-state index in [1.165, 1.54) is 6.20 Å². The summed E-state index contributed by atoms with van der Waals surface area (Å²) in [6.07, 6.45) is 5.06. The van der Waals surface area contributed by atoms with Crippen molar-refractivity contribution in [2.45, 2.75) is 38.5 Å². The van der Waals surface area contributed by atoms with Gasteiger partial charge in [-0.05, 0) is 47.7 Å². The second-order valence-corrected chi connectivity index (χ2v) is 10.0. The summed E-state index contributed by atoms with van der Waals surface area (Å²) < 4.78 is 5.89. The summed E-state index contributed by atoms with van der Waals surface area (Å²) >= 11 is 0. The highest BCUT2D eigenvalue weighted by molar-refractivity contribution is 6.20. The Morgan fingerprint density at radius 2 is 1.95 bits per heavy atom. The fourth-order valence-corrected chi connectivity index (χ4v) is 4.71. The molecular weight excluding hydrogens is 470 g/mol. The molecule has 1 heterocycles. The SMILES string of the molecule is CC(COc1ccc2c(c1)C(C)(C)c1[nH]c3cc(C(O)NC/C=C\C=C/N)ccc3c1C2=O)C(O)CO. The van der Waals surface area contributed by atoms with Gasteiger partial charge in [-0.15, -0.1) is 0 Å². The molecule has 0 amide bonds. The first-order valence-corrected chi connectivity index (χ1v) is 12.4. The summed E-state index contributed by atoms with van der Waals surface area (Å²) in [5, 5.41) is 33.4. The Kier molecular flexibility index (Phi) is 7.85. The number of ketones is 1. The number of aromatic amines is 1. The van der Waals surface area contributed by atoms with E-state index in [2.05, 4.69) is 24.1 Å². The Labute approximate surface area is 216 Å². The van der Waals surface area contributed by atoms with Gasteiger partial charge in [-0.1, -0.05) is 45.1 Å². The molecule has 3 atom stereocenters. The fraction of sp³-hybridized carbons (Fsp3) is 0.345. The minimum atomic E-state index is -0.872. The van der Waals surface area contributed by atoms with E-state index in [1.54, 1.807) is 31.2 Å². The summed E-state index contributed by atoms with van der Waals surface area (Å²) in [4.78, 5) is 17.1. The molecule has 3 aromatic rings. The first kappa shape index (κ1) is 26.6. The van der Waals surface area contributed by atoms with Gasteiger partial charge in [0.2, 0.25) is 0 Å². The molecule has 0 radical (unpaired) electrons. The lowest BCUT2D eigenvalue weighted by Crippen LogP contribution is -2.30. The molecule has 8 heteroatoms. The van der Waals surface area contributed by atoms with Crippen LogP contribution in [0.5, 0.6) is 5.75 Å². The minimum absolute atomic E-state index is 0.0595. The Morgan fingerprint density at radius 3 is 2.68 bits per heavy atom. The lowest BCUT2D eigenvalue weighted by atomic mass is 9.71. The van der Waals surface area contributed by atoms with Crippen LogP contribution in [0, 0.1) is 5.92 Å².